The summed E-state index contributed by atoms with van der Waals surface area (Å²) in [5.74, 6) is 1.12. The van der Waals surface area contributed by atoms with Gasteiger partial charge in [-0.1, -0.05) is 0 Å². The van der Waals surface area contributed by atoms with Crippen molar-refractivity contribution in [1.82, 2.24) is 4.90 Å². The summed E-state index contributed by atoms with van der Waals surface area (Å²) in [6, 6.07) is 6.68. The van der Waals surface area contributed by atoms with E-state index in [4.69, 9.17) is 9.47 Å². The fourth-order valence-corrected chi connectivity index (χ4v) is 2.93. The van der Waals surface area contributed by atoms with Gasteiger partial charge in [-0.3, -0.25) is 0 Å². The van der Waals surface area contributed by atoms with Gasteiger partial charge in [-0.15, -0.1) is 0 Å². The van der Waals surface area contributed by atoms with E-state index in [1.54, 1.807) is 0 Å². The smallest absolute Gasteiger partial charge is 0.246 e. The van der Waals surface area contributed by atoms with E-state index in [1.807, 2.05) is 19.9 Å². The second kappa shape index (κ2) is 5.17. The minimum atomic E-state index is -0.550. The zero-order valence-corrected chi connectivity index (χ0v) is 12.6. The molecule has 1 fully saturated rings. The first-order valence-electron chi connectivity index (χ1n) is 7.49. The minimum Gasteiger partial charge on any atom is -0.449 e. The van der Waals surface area contributed by atoms with Gasteiger partial charge in [-0.2, -0.15) is 0 Å². The summed E-state index contributed by atoms with van der Waals surface area (Å²) in [6.45, 7) is 6.23. The van der Waals surface area contributed by atoms with Gasteiger partial charge in [-0.25, -0.2) is 0 Å². The molecule has 0 aliphatic carbocycles. The predicted molar refractivity (Wildman–Crippen MR) is 80.5 cm³/mol. The summed E-state index contributed by atoms with van der Waals surface area (Å²) in [4.78, 5) is 2.41. The number of hydrogen-bond donors (Lipinski definition) is 1. The third-order valence-corrected chi connectivity index (χ3v) is 3.98. The van der Waals surface area contributed by atoms with E-state index in [2.05, 4.69) is 29.4 Å². The van der Waals surface area contributed by atoms with Gasteiger partial charge in [0.25, 0.3) is 0 Å². The highest BCUT2D eigenvalue weighted by atomic mass is 16.7. The van der Waals surface area contributed by atoms with Crippen LogP contribution in [0, 0.1) is 0 Å². The average Bonchev–Trinajstić information content (AvgIpc) is 2.53. The summed E-state index contributed by atoms with van der Waals surface area (Å²) in [5, 5.41) is 3.64. The van der Waals surface area contributed by atoms with Crippen molar-refractivity contribution in [3.63, 3.8) is 0 Å². The minimum absolute atomic E-state index is 0.549. The lowest BCUT2D eigenvalue weighted by molar-refractivity contribution is -0.0431. The van der Waals surface area contributed by atoms with Crippen molar-refractivity contribution in [2.75, 3.05) is 25.5 Å². The van der Waals surface area contributed by atoms with Crippen LogP contribution in [0.5, 0.6) is 11.5 Å². The number of nitrogens with one attached hydrogen (secondary N) is 1. The van der Waals surface area contributed by atoms with E-state index in [-0.39, 0.29) is 0 Å². The molecule has 2 aliphatic rings. The quantitative estimate of drug-likeness (QED) is 0.900. The van der Waals surface area contributed by atoms with Crippen molar-refractivity contribution in [3.05, 3.63) is 18.2 Å². The van der Waals surface area contributed by atoms with Crippen LogP contribution in [-0.2, 0) is 0 Å². The summed E-state index contributed by atoms with van der Waals surface area (Å²) < 4.78 is 11.5. The molecule has 0 saturated carbocycles. The highest BCUT2D eigenvalue weighted by molar-refractivity contribution is 5.56. The Morgan fingerprint density at radius 2 is 1.95 bits per heavy atom. The first kappa shape index (κ1) is 13.6. The van der Waals surface area contributed by atoms with Gasteiger partial charge >= 0.3 is 0 Å². The van der Waals surface area contributed by atoms with Crippen LogP contribution in [0.25, 0.3) is 0 Å². The van der Waals surface area contributed by atoms with Gasteiger partial charge in [-0.05, 0) is 51.5 Å². The highest BCUT2D eigenvalue weighted by Gasteiger charge is 2.31. The van der Waals surface area contributed by atoms with Crippen molar-refractivity contribution < 1.29 is 9.47 Å². The van der Waals surface area contributed by atoms with Gasteiger partial charge in [0.1, 0.15) is 0 Å². The van der Waals surface area contributed by atoms with Crippen LogP contribution in [0.4, 0.5) is 5.69 Å². The number of likely N-dealkylation sites (tertiary alicyclic amines) is 1. The molecule has 2 heterocycles. The van der Waals surface area contributed by atoms with Gasteiger partial charge in [0.15, 0.2) is 11.5 Å². The monoisotopic (exact) mass is 276 g/mol. The van der Waals surface area contributed by atoms with E-state index < -0.39 is 5.79 Å². The highest BCUT2D eigenvalue weighted by Crippen LogP contribution is 2.40. The molecule has 1 atom stereocenters. The van der Waals surface area contributed by atoms with Crippen LogP contribution in [0.15, 0.2) is 18.2 Å². The largest absolute Gasteiger partial charge is 0.449 e. The Labute approximate surface area is 121 Å². The van der Waals surface area contributed by atoms with E-state index in [0.29, 0.717) is 6.04 Å². The molecule has 3 rings (SSSR count). The van der Waals surface area contributed by atoms with Gasteiger partial charge in [0.05, 0.1) is 0 Å². The van der Waals surface area contributed by atoms with Crippen molar-refractivity contribution in [1.29, 1.82) is 0 Å². The Hall–Kier alpha value is -1.42. The van der Waals surface area contributed by atoms with Crippen LogP contribution in [0.3, 0.4) is 0 Å². The molecule has 4 nitrogen and oxygen atoms in total. The lowest BCUT2D eigenvalue weighted by atomic mass is 10.1. The third-order valence-electron chi connectivity index (χ3n) is 3.98. The number of rotatable bonds is 2. The normalized spacial score (nSPS) is 25.2. The lowest BCUT2D eigenvalue weighted by Crippen LogP contribution is -2.29. The van der Waals surface area contributed by atoms with Crippen molar-refractivity contribution in [2.24, 2.45) is 0 Å². The fraction of sp³-hybridized carbons (Fsp3) is 0.625. The maximum absolute atomic E-state index is 5.80. The van der Waals surface area contributed by atoms with E-state index in [9.17, 15) is 0 Å². The van der Waals surface area contributed by atoms with Gasteiger partial charge < -0.3 is 19.7 Å². The first-order valence-corrected chi connectivity index (χ1v) is 7.49. The zero-order valence-electron chi connectivity index (χ0n) is 12.6. The SMILES string of the molecule is CN1CCCC(Nc2ccc3c(c2)OC(C)(C)O3)CC1. The Morgan fingerprint density at radius 3 is 2.80 bits per heavy atom. The second-order valence-corrected chi connectivity index (χ2v) is 6.34. The predicted octanol–water partition coefficient (Wildman–Crippen LogP) is 3.09. The topological polar surface area (TPSA) is 33.7 Å². The molecule has 0 aromatic heterocycles. The number of ether oxygens (including phenoxy) is 2. The fourth-order valence-electron chi connectivity index (χ4n) is 2.93. The molecule has 1 saturated heterocycles. The molecular formula is C16H24N2O2. The molecule has 2 aliphatic heterocycles. The van der Waals surface area contributed by atoms with Crippen LogP contribution in [-0.4, -0.2) is 36.9 Å². The van der Waals surface area contributed by atoms with E-state index >= 15 is 0 Å². The Morgan fingerprint density at radius 1 is 1.15 bits per heavy atom. The van der Waals surface area contributed by atoms with Crippen molar-refractivity contribution in [3.8, 4) is 11.5 Å². The standard InChI is InChI=1S/C16H24N2O2/c1-16(2)19-14-7-6-13(11-15(14)20-16)17-12-5-4-9-18(3)10-8-12/h6-7,11-12,17H,4-5,8-10H2,1-3H3. The molecule has 4 heteroatoms. The number of nitrogens with zero attached hydrogens (tertiary/aromatic N) is 1. The van der Waals surface area contributed by atoms with Crippen LogP contribution in [0.2, 0.25) is 0 Å². The molecule has 110 valence electrons. The summed E-state index contributed by atoms with van der Waals surface area (Å²) in [5.41, 5.74) is 1.12. The molecule has 0 spiro atoms. The summed E-state index contributed by atoms with van der Waals surface area (Å²) in [7, 11) is 2.20. The molecular weight excluding hydrogens is 252 g/mol. The number of hydrogen-bond acceptors (Lipinski definition) is 4. The van der Waals surface area contributed by atoms with Crippen LogP contribution in [0.1, 0.15) is 33.1 Å². The maximum atomic E-state index is 5.80. The van der Waals surface area contributed by atoms with Crippen LogP contribution >= 0.6 is 0 Å². The van der Waals surface area contributed by atoms with Gasteiger partial charge in [0.2, 0.25) is 5.79 Å². The Balaban J connectivity index is 1.67. The molecule has 1 N–H and O–H groups in total. The molecule has 20 heavy (non-hydrogen) atoms. The van der Waals surface area contributed by atoms with Crippen molar-refractivity contribution in [2.45, 2.75) is 44.9 Å². The second-order valence-electron chi connectivity index (χ2n) is 6.34. The number of anilines is 1. The zero-order chi connectivity index (χ0) is 14.2. The molecule has 1 aromatic rings. The van der Waals surface area contributed by atoms with E-state index in [1.165, 1.54) is 25.8 Å². The lowest BCUT2D eigenvalue weighted by Gasteiger charge is -2.18. The number of fused-ring (bicyclic) bond motifs is 1. The summed E-state index contributed by atoms with van der Waals surface area (Å²) >= 11 is 0. The molecule has 0 bridgehead atoms. The van der Waals surface area contributed by atoms with Crippen molar-refractivity contribution >= 4 is 5.69 Å². The third kappa shape index (κ3) is 3.01. The first-order chi connectivity index (χ1) is 9.52. The Kier molecular flexibility index (Phi) is 3.50. The maximum Gasteiger partial charge on any atom is 0.246 e. The molecule has 0 amide bonds. The van der Waals surface area contributed by atoms with Gasteiger partial charge in [0, 0.05) is 31.6 Å². The van der Waals surface area contributed by atoms with Crippen LogP contribution < -0.4 is 14.8 Å². The van der Waals surface area contributed by atoms with E-state index in [0.717, 1.165) is 23.7 Å². The molecule has 1 unspecified atom stereocenters. The Bertz CT molecular complexity index is 487. The summed E-state index contributed by atoms with van der Waals surface area (Å²) in [6.07, 6.45) is 3.67. The molecule has 0 radical (unpaired) electrons. The molecule has 1 aromatic carbocycles. The number of benzene rings is 1. The average molecular weight is 276 g/mol.